The summed E-state index contributed by atoms with van der Waals surface area (Å²) in [5.74, 6) is 1.98. The first-order chi connectivity index (χ1) is 16.4. The molecular formula is C25H30N6O3. The second-order valence-corrected chi connectivity index (χ2v) is 8.65. The largest absolute Gasteiger partial charge is 0.496 e. The number of methoxy groups -OCH3 is 1. The number of aromatic nitrogens is 6. The first-order valence-electron chi connectivity index (χ1n) is 11.3. The fourth-order valence-electron chi connectivity index (χ4n) is 3.81. The van der Waals surface area contributed by atoms with Crippen LogP contribution in [-0.4, -0.2) is 36.7 Å². The standard InChI is InChI=1S/C25H30N6O3/c1-17(2)12-14-30-21(11-13-26-30)19-9-10-23(18(3)15-19)34-16-20-22(7-6-8-24(20)33-5)31-25(32)29(4)27-28-31/h6-11,13,15,17H,12,14,16H2,1-5H3. The van der Waals surface area contributed by atoms with E-state index in [-0.39, 0.29) is 12.3 Å². The highest BCUT2D eigenvalue weighted by Gasteiger charge is 2.17. The molecule has 2 aromatic heterocycles. The van der Waals surface area contributed by atoms with Gasteiger partial charge in [0, 0.05) is 25.4 Å². The average Bonchev–Trinajstić information content (AvgIpc) is 3.43. The molecule has 0 aliphatic rings. The quantitative estimate of drug-likeness (QED) is 0.376. The van der Waals surface area contributed by atoms with E-state index < -0.39 is 0 Å². The Morgan fingerprint density at radius 3 is 2.56 bits per heavy atom. The minimum Gasteiger partial charge on any atom is -0.496 e. The number of benzene rings is 2. The summed E-state index contributed by atoms with van der Waals surface area (Å²) in [4.78, 5) is 12.4. The zero-order chi connectivity index (χ0) is 24.2. The molecular weight excluding hydrogens is 432 g/mol. The minimum absolute atomic E-state index is 0.203. The molecule has 0 N–H and O–H groups in total. The summed E-state index contributed by atoms with van der Waals surface area (Å²) in [5, 5.41) is 12.3. The van der Waals surface area contributed by atoms with Gasteiger partial charge in [0.15, 0.2) is 0 Å². The first kappa shape index (κ1) is 23.3. The molecule has 4 aromatic rings. The third kappa shape index (κ3) is 4.73. The minimum atomic E-state index is -0.343. The number of hydrogen-bond donors (Lipinski definition) is 0. The molecule has 4 rings (SSSR count). The molecule has 2 aromatic carbocycles. The van der Waals surface area contributed by atoms with Gasteiger partial charge in [-0.1, -0.05) is 19.9 Å². The summed E-state index contributed by atoms with van der Waals surface area (Å²) < 4.78 is 16.2. The van der Waals surface area contributed by atoms with Crippen molar-refractivity contribution in [3.8, 4) is 28.4 Å². The Bertz CT molecular complexity index is 1330. The molecule has 0 fully saturated rings. The van der Waals surface area contributed by atoms with E-state index >= 15 is 0 Å². The van der Waals surface area contributed by atoms with Crippen LogP contribution in [0.1, 0.15) is 31.4 Å². The van der Waals surface area contributed by atoms with Gasteiger partial charge in [-0.2, -0.15) is 14.5 Å². The van der Waals surface area contributed by atoms with Gasteiger partial charge in [-0.25, -0.2) is 4.79 Å². The van der Waals surface area contributed by atoms with E-state index in [0.29, 0.717) is 22.9 Å². The first-order valence-corrected chi connectivity index (χ1v) is 11.3. The Kier molecular flexibility index (Phi) is 6.81. The van der Waals surface area contributed by atoms with Crippen molar-refractivity contribution in [2.75, 3.05) is 7.11 Å². The van der Waals surface area contributed by atoms with Crippen LogP contribution in [0.4, 0.5) is 0 Å². The van der Waals surface area contributed by atoms with E-state index in [1.165, 1.54) is 9.36 Å². The van der Waals surface area contributed by atoms with Gasteiger partial charge >= 0.3 is 5.69 Å². The highest BCUT2D eigenvalue weighted by atomic mass is 16.5. The molecule has 178 valence electrons. The van der Waals surface area contributed by atoms with Crippen LogP contribution in [-0.2, 0) is 20.2 Å². The van der Waals surface area contributed by atoms with Gasteiger partial charge in [-0.15, -0.1) is 0 Å². The molecule has 0 radical (unpaired) electrons. The third-order valence-electron chi connectivity index (χ3n) is 5.76. The van der Waals surface area contributed by atoms with Crippen molar-refractivity contribution in [1.82, 2.24) is 29.6 Å². The Morgan fingerprint density at radius 2 is 1.88 bits per heavy atom. The highest BCUT2D eigenvalue weighted by Crippen LogP contribution is 2.30. The van der Waals surface area contributed by atoms with Crippen molar-refractivity contribution in [3.05, 3.63) is 70.3 Å². The van der Waals surface area contributed by atoms with Crippen LogP contribution in [0, 0.1) is 12.8 Å². The van der Waals surface area contributed by atoms with Crippen LogP contribution in [0.25, 0.3) is 16.9 Å². The fraction of sp³-hybridized carbons (Fsp3) is 0.360. The van der Waals surface area contributed by atoms with Gasteiger partial charge in [0.2, 0.25) is 0 Å². The van der Waals surface area contributed by atoms with Crippen molar-refractivity contribution in [1.29, 1.82) is 0 Å². The number of nitrogens with zero attached hydrogens (tertiary/aromatic N) is 6. The molecule has 0 saturated carbocycles. The van der Waals surface area contributed by atoms with Gasteiger partial charge in [0.05, 0.1) is 24.1 Å². The summed E-state index contributed by atoms with van der Waals surface area (Å²) in [6.45, 7) is 7.54. The lowest BCUT2D eigenvalue weighted by atomic mass is 10.1. The van der Waals surface area contributed by atoms with Crippen molar-refractivity contribution >= 4 is 0 Å². The molecule has 9 nitrogen and oxygen atoms in total. The van der Waals surface area contributed by atoms with Gasteiger partial charge < -0.3 is 9.47 Å². The van der Waals surface area contributed by atoms with Crippen LogP contribution >= 0.6 is 0 Å². The normalized spacial score (nSPS) is 11.2. The molecule has 0 unspecified atom stereocenters. The number of rotatable bonds is 9. The zero-order valence-corrected chi connectivity index (χ0v) is 20.2. The predicted molar refractivity (Wildman–Crippen MR) is 129 cm³/mol. The molecule has 9 heteroatoms. The van der Waals surface area contributed by atoms with E-state index in [2.05, 4.69) is 40.1 Å². The van der Waals surface area contributed by atoms with Crippen LogP contribution in [0.3, 0.4) is 0 Å². The molecule has 0 atom stereocenters. The summed E-state index contributed by atoms with van der Waals surface area (Å²) >= 11 is 0. The summed E-state index contributed by atoms with van der Waals surface area (Å²) in [6, 6.07) is 13.6. The Hall–Kier alpha value is -3.88. The van der Waals surface area contributed by atoms with Crippen LogP contribution in [0.15, 0.2) is 53.5 Å². The SMILES string of the molecule is COc1cccc(-n2nnn(C)c2=O)c1COc1ccc(-c2ccnn2CCC(C)C)cc1C. The maximum atomic E-state index is 12.4. The molecule has 0 saturated heterocycles. The maximum absolute atomic E-state index is 12.4. The van der Waals surface area contributed by atoms with E-state index in [1.807, 2.05) is 37.4 Å². The van der Waals surface area contributed by atoms with Gasteiger partial charge in [-0.05, 0) is 71.7 Å². The lowest BCUT2D eigenvalue weighted by Crippen LogP contribution is -2.23. The predicted octanol–water partition coefficient (Wildman–Crippen LogP) is 3.77. The Morgan fingerprint density at radius 1 is 1.06 bits per heavy atom. The Balaban J connectivity index is 1.58. The van der Waals surface area contributed by atoms with Crippen LogP contribution < -0.4 is 15.2 Å². The second kappa shape index (κ2) is 9.94. The number of tetrazole rings is 1. The van der Waals surface area contributed by atoms with E-state index in [4.69, 9.17) is 9.47 Å². The molecule has 34 heavy (non-hydrogen) atoms. The van der Waals surface area contributed by atoms with Gasteiger partial charge in [0.1, 0.15) is 18.1 Å². The highest BCUT2D eigenvalue weighted by molar-refractivity contribution is 5.62. The smallest absolute Gasteiger partial charge is 0.368 e. The fourth-order valence-corrected chi connectivity index (χ4v) is 3.81. The molecule has 0 amide bonds. The third-order valence-corrected chi connectivity index (χ3v) is 5.76. The second-order valence-electron chi connectivity index (χ2n) is 8.65. The van der Waals surface area contributed by atoms with Crippen molar-refractivity contribution in [3.63, 3.8) is 0 Å². The van der Waals surface area contributed by atoms with Crippen molar-refractivity contribution in [2.24, 2.45) is 13.0 Å². The molecule has 2 heterocycles. The molecule has 0 aliphatic heterocycles. The summed E-state index contributed by atoms with van der Waals surface area (Å²) in [6.07, 6.45) is 2.91. The van der Waals surface area contributed by atoms with Crippen molar-refractivity contribution < 1.29 is 9.47 Å². The lowest BCUT2D eigenvalue weighted by Gasteiger charge is -2.16. The lowest BCUT2D eigenvalue weighted by molar-refractivity contribution is 0.294. The monoisotopic (exact) mass is 462 g/mol. The van der Waals surface area contributed by atoms with E-state index in [0.717, 1.165) is 35.5 Å². The van der Waals surface area contributed by atoms with Gasteiger partial charge in [-0.3, -0.25) is 4.68 Å². The molecule has 0 bridgehead atoms. The molecule has 0 aliphatic carbocycles. The summed E-state index contributed by atoms with van der Waals surface area (Å²) in [5.41, 5.74) is 4.12. The van der Waals surface area contributed by atoms with Crippen LogP contribution in [0.2, 0.25) is 0 Å². The van der Waals surface area contributed by atoms with E-state index in [1.54, 1.807) is 26.3 Å². The number of hydrogen-bond acceptors (Lipinski definition) is 6. The maximum Gasteiger partial charge on any atom is 0.368 e. The number of ether oxygens (including phenoxy) is 2. The summed E-state index contributed by atoms with van der Waals surface area (Å²) in [7, 11) is 3.15. The zero-order valence-electron chi connectivity index (χ0n) is 20.2. The Labute approximate surface area is 198 Å². The van der Waals surface area contributed by atoms with Crippen molar-refractivity contribution in [2.45, 2.75) is 40.3 Å². The van der Waals surface area contributed by atoms with Crippen LogP contribution in [0.5, 0.6) is 11.5 Å². The topological polar surface area (TPSA) is 89.0 Å². The van der Waals surface area contributed by atoms with E-state index in [9.17, 15) is 4.79 Å². The average molecular weight is 463 g/mol. The number of aryl methyl sites for hydroxylation is 3. The molecule has 0 spiro atoms. The van der Waals surface area contributed by atoms with Gasteiger partial charge in [0.25, 0.3) is 0 Å².